The summed E-state index contributed by atoms with van der Waals surface area (Å²) >= 11 is 1.88. The van der Waals surface area contributed by atoms with E-state index in [-0.39, 0.29) is 11.5 Å². The molecule has 0 aromatic rings. The molecule has 4 heteroatoms. The Morgan fingerprint density at radius 2 is 2.24 bits per heavy atom. The quantitative estimate of drug-likeness (QED) is 0.767. The number of rotatable bonds is 5. The van der Waals surface area contributed by atoms with Crippen molar-refractivity contribution in [1.82, 2.24) is 5.32 Å². The van der Waals surface area contributed by atoms with Crippen molar-refractivity contribution in [2.24, 2.45) is 0 Å². The van der Waals surface area contributed by atoms with Crippen LogP contribution in [0.25, 0.3) is 0 Å². The molecule has 2 aliphatic rings. The summed E-state index contributed by atoms with van der Waals surface area (Å²) in [5.74, 6) is -0.0225. The summed E-state index contributed by atoms with van der Waals surface area (Å²) in [5.41, 5.74) is -0.386. The lowest BCUT2D eigenvalue weighted by Gasteiger charge is -2.39. The maximum Gasteiger partial charge on any atom is 0.326 e. The van der Waals surface area contributed by atoms with E-state index in [9.17, 15) is 4.79 Å². The fourth-order valence-electron chi connectivity index (χ4n) is 2.69. The number of carbonyl (C=O) groups excluding carboxylic acids is 1. The number of hydrogen-bond acceptors (Lipinski definition) is 4. The number of hydrogen-bond donors (Lipinski definition) is 1. The zero-order valence-electron chi connectivity index (χ0n) is 10.8. The first kappa shape index (κ1) is 13.2. The van der Waals surface area contributed by atoms with Crippen LogP contribution < -0.4 is 5.32 Å². The fraction of sp³-hybridized carbons (Fsp3) is 0.923. The minimum absolute atomic E-state index is 0.0225. The van der Waals surface area contributed by atoms with Gasteiger partial charge in [-0.05, 0) is 51.7 Å². The Hall–Kier alpha value is -0.220. The molecule has 1 N–H and O–H groups in total. The average Bonchev–Trinajstić information content (AvgIpc) is 3.13. The molecule has 2 fully saturated rings. The largest absolute Gasteiger partial charge is 0.465 e. The Kier molecular flexibility index (Phi) is 4.36. The molecule has 0 radical (unpaired) electrons. The highest BCUT2D eigenvalue weighted by Gasteiger charge is 2.46. The Labute approximate surface area is 108 Å². The number of nitrogens with one attached hydrogen (secondary N) is 1. The normalized spacial score (nSPS) is 33.4. The van der Waals surface area contributed by atoms with Gasteiger partial charge in [0, 0.05) is 11.3 Å². The minimum Gasteiger partial charge on any atom is -0.465 e. The molecular weight excluding hydrogens is 234 g/mol. The van der Waals surface area contributed by atoms with Gasteiger partial charge in [-0.15, -0.1) is 0 Å². The van der Waals surface area contributed by atoms with E-state index in [0.29, 0.717) is 17.9 Å². The van der Waals surface area contributed by atoms with Crippen molar-refractivity contribution in [1.29, 1.82) is 0 Å². The maximum atomic E-state index is 12.3. The van der Waals surface area contributed by atoms with Gasteiger partial charge in [0.2, 0.25) is 0 Å². The van der Waals surface area contributed by atoms with Crippen molar-refractivity contribution in [3.8, 4) is 0 Å². The lowest BCUT2D eigenvalue weighted by atomic mass is 9.81. The van der Waals surface area contributed by atoms with Crippen molar-refractivity contribution in [3.63, 3.8) is 0 Å². The number of ether oxygens (including phenoxy) is 1. The van der Waals surface area contributed by atoms with Crippen LogP contribution in [0.2, 0.25) is 0 Å². The molecule has 0 aromatic carbocycles. The van der Waals surface area contributed by atoms with Crippen LogP contribution in [0.3, 0.4) is 0 Å². The van der Waals surface area contributed by atoms with Gasteiger partial charge in [0.05, 0.1) is 6.61 Å². The summed E-state index contributed by atoms with van der Waals surface area (Å²) < 4.78 is 5.30. The smallest absolute Gasteiger partial charge is 0.326 e. The molecule has 2 rings (SSSR count). The molecule has 3 nitrogen and oxygen atoms in total. The van der Waals surface area contributed by atoms with E-state index < -0.39 is 0 Å². The molecule has 0 aliphatic heterocycles. The third-order valence-electron chi connectivity index (χ3n) is 3.76. The first-order valence-electron chi connectivity index (χ1n) is 6.68. The summed E-state index contributed by atoms with van der Waals surface area (Å²) in [5, 5.41) is 4.16. The van der Waals surface area contributed by atoms with Crippen LogP contribution in [0.5, 0.6) is 0 Å². The maximum absolute atomic E-state index is 12.3. The van der Waals surface area contributed by atoms with Crippen LogP contribution >= 0.6 is 11.8 Å². The highest BCUT2D eigenvalue weighted by molar-refractivity contribution is 7.99. The Morgan fingerprint density at radius 3 is 2.82 bits per heavy atom. The lowest BCUT2D eigenvalue weighted by Crippen LogP contribution is -2.57. The van der Waals surface area contributed by atoms with Gasteiger partial charge in [-0.2, -0.15) is 11.8 Å². The molecule has 2 aliphatic carbocycles. The molecule has 0 heterocycles. The van der Waals surface area contributed by atoms with E-state index in [0.717, 1.165) is 19.3 Å². The van der Waals surface area contributed by atoms with Crippen LogP contribution in [0.4, 0.5) is 0 Å². The van der Waals surface area contributed by atoms with Crippen LogP contribution in [0, 0.1) is 0 Å². The standard InChI is InChI=1S/C13H23NO2S/c1-3-16-12(15)13(14-10-6-7-10)8-4-5-11(9-13)17-2/h10-11,14H,3-9H2,1-2H3. The van der Waals surface area contributed by atoms with E-state index >= 15 is 0 Å². The van der Waals surface area contributed by atoms with E-state index in [4.69, 9.17) is 4.74 Å². The number of esters is 1. The summed E-state index contributed by atoms with van der Waals surface area (Å²) in [4.78, 5) is 12.3. The van der Waals surface area contributed by atoms with Gasteiger partial charge in [-0.25, -0.2) is 0 Å². The topological polar surface area (TPSA) is 38.3 Å². The van der Waals surface area contributed by atoms with Crippen LogP contribution in [-0.2, 0) is 9.53 Å². The molecular formula is C13H23NO2S. The summed E-state index contributed by atoms with van der Waals surface area (Å²) in [6, 6.07) is 0.556. The third kappa shape index (κ3) is 3.16. The molecule has 98 valence electrons. The molecule has 0 saturated heterocycles. The Morgan fingerprint density at radius 1 is 1.47 bits per heavy atom. The second-order valence-electron chi connectivity index (χ2n) is 5.18. The van der Waals surface area contributed by atoms with Crippen molar-refractivity contribution < 1.29 is 9.53 Å². The van der Waals surface area contributed by atoms with E-state index in [1.54, 1.807) is 0 Å². The zero-order valence-corrected chi connectivity index (χ0v) is 11.6. The molecule has 0 aromatic heterocycles. The predicted octanol–water partition coefficient (Wildman–Crippen LogP) is 2.35. The van der Waals surface area contributed by atoms with Crippen LogP contribution in [-0.4, -0.2) is 35.7 Å². The molecule has 17 heavy (non-hydrogen) atoms. The van der Waals surface area contributed by atoms with Gasteiger partial charge in [0.1, 0.15) is 5.54 Å². The SMILES string of the molecule is CCOC(=O)C1(NC2CC2)CCCC(SC)C1. The molecule has 2 unspecified atom stereocenters. The van der Waals surface area contributed by atoms with Gasteiger partial charge < -0.3 is 4.74 Å². The zero-order chi connectivity index (χ0) is 12.3. The summed E-state index contributed by atoms with van der Waals surface area (Å²) in [7, 11) is 0. The number of thioether (sulfide) groups is 1. The average molecular weight is 257 g/mol. The first-order valence-corrected chi connectivity index (χ1v) is 7.96. The molecule has 2 saturated carbocycles. The fourth-order valence-corrected chi connectivity index (χ4v) is 3.54. The van der Waals surface area contributed by atoms with Gasteiger partial charge in [-0.1, -0.05) is 0 Å². The summed E-state index contributed by atoms with van der Waals surface area (Å²) in [6.07, 6.45) is 8.81. The molecule has 0 amide bonds. The molecule has 0 bridgehead atoms. The van der Waals surface area contributed by atoms with Gasteiger partial charge in [-0.3, -0.25) is 10.1 Å². The first-order chi connectivity index (χ1) is 8.20. The van der Waals surface area contributed by atoms with Crippen LogP contribution in [0.1, 0.15) is 45.4 Å². The third-order valence-corrected chi connectivity index (χ3v) is 4.83. The summed E-state index contributed by atoms with van der Waals surface area (Å²) in [6.45, 7) is 2.37. The second kappa shape index (κ2) is 5.61. The Balaban J connectivity index is 2.06. The highest BCUT2D eigenvalue weighted by atomic mass is 32.2. The predicted molar refractivity (Wildman–Crippen MR) is 71.3 cm³/mol. The van der Waals surface area contributed by atoms with Gasteiger partial charge in [0.25, 0.3) is 0 Å². The van der Waals surface area contributed by atoms with E-state index in [2.05, 4.69) is 11.6 Å². The van der Waals surface area contributed by atoms with Crippen LogP contribution in [0.15, 0.2) is 0 Å². The van der Waals surface area contributed by atoms with E-state index in [1.165, 1.54) is 19.3 Å². The van der Waals surface area contributed by atoms with Crippen molar-refractivity contribution in [3.05, 3.63) is 0 Å². The lowest BCUT2D eigenvalue weighted by molar-refractivity contribution is -0.152. The highest BCUT2D eigenvalue weighted by Crippen LogP contribution is 2.37. The molecule has 0 spiro atoms. The van der Waals surface area contributed by atoms with E-state index in [1.807, 2.05) is 18.7 Å². The monoisotopic (exact) mass is 257 g/mol. The Bertz CT molecular complexity index is 281. The van der Waals surface area contributed by atoms with Gasteiger partial charge >= 0.3 is 5.97 Å². The minimum atomic E-state index is -0.386. The van der Waals surface area contributed by atoms with Crippen molar-refractivity contribution >= 4 is 17.7 Å². The second-order valence-corrected chi connectivity index (χ2v) is 6.31. The van der Waals surface area contributed by atoms with Crippen molar-refractivity contribution in [2.45, 2.75) is 62.3 Å². The van der Waals surface area contributed by atoms with Gasteiger partial charge in [0.15, 0.2) is 0 Å². The van der Waals surface area contributed by atoms with Crippen molar-refractivity contribution in [2.75, 3.05) is 12.9 Å². The number of carbonyl (C=O) groups is 1. The molecule has 2 atom stereocenters.